The van der Waals surface area contributed by atoms with E-state index in [0.29, 0.717) is 34.4 Å². The van der Waals surface area contributed by atoms with Crippen molar-refractivity contribution < 1.29 is 14.3 Å². The van der Waals surface area contributed by atoms with Crippen molar-refractivity contribution in [2.24, 2.45) is 5.73 Å². The van der Waals surface area contributed by atoms with E-state index in [4.69, 9.17) is 10.5 Å². The van der Waals surface area contributed by atoms with Crippen molar-refractivity contribution in [2.45, 2.75) is 19.8 Å². The number of hydrogen-bond donors (Lipinski definition) is 1. The van der Waals surface area contributed by atoms with Gasteiger partial charge in [0.15, 0.2) is 0 Å². The number of ether oxygens (including phenoxy) is 1. The van der Waals surface area contributed by atoms with Crippen molar-refractivity contribution >= 4 is 22.7 Å². The Balaban J connectivity index is 1.97. The molecule has 0 aliphatic rings. The molecule has 1 heterocycles. The molecule has 5 heteroatoms. The molecular weight excluding hydrogens is 316 g/mol. The van der Waals surface area contributed by atoms with Crippen LogP contribution in [0.15, 0.2) is 54.7 Å². The van der Waals surface area contributed by atoms with Crippen LogP contribution in [0.1, 0.15) is 40.5 Å². The Morgan fingerprint density at radius 3 is 2.68 bits per heavy atom. The predicted octanol–water partition coefficient (Wildman–Crippen LogP) is 3.61. The summed E-state index contributed by atoms with van der Waals surface area (Å²) in [4.78, 5) is 24.6. The first-order valence-electron chi connectivity index (χ1n) is 8.29. The topological polar surface area (TPSA) is 74.3 Å². The summed E-state index contributed by atoms with van der Waals surface area (Å²) in [6.45, 7) is 2.71. The van der Waals surface area contributed by atoms with Gasteiger partial charge in [-0.3, -0.25) is 14.2 Å². The molecule has 1 amide bonds. The average Bonchev–Trinajstić information content (AvgIpc) is 3.01. The van der Waals surface area contributed by atoms with E-state index in [1.165, 1.54) is 10.8 Å². The maximum Gasteiger partial charge on any atom is 0.262 e. The highest BCUT2D eigenvalue weighted by atomic mass is 16.5. The Hall–Kier alpha value is -3.08. The van der Waals surface area contributed by atoms with Crippen LogP contribution in [-0.4, -0.2) is 23.0 Å². The van der Waals surface area contributed by atoms with E-state index < -0.39 is 5.91 Å². The third kappa shape index (κ3) is 3.40. The molecule has 3 aromatic rings. The van der Waals surface area contributed by atoms with Gasteiger partial charge in [0.05, 0.1) is 17.7 Å². The summed E-state index contributed by atoms with van der Waals surface area (Å²) in [5, 5.41) is 0.665. The molecule has 2 aromatic carbocycles. The number of para-hydroxylation sites is 1. The SMILES string of the molecule is CCCCOc1cccc(C(=O)n2cc(C(N)=O)c3ccccc32)c1. The summed E-state index contributed by atoms with van der Waals surface area (Å²) < 4.78 is 7.13. The lowest BCUT2D eigenvalue weighted by Crippen LogP contribution is -2.13. The first-order chi connectivity index (χ1) is 12.1. The molecule has 25 heavy (non-hydrogen) atoms. The number of aromatic nitrogens is 1. The molecule has 0 unspecified atom stereocenters. The highest BCUT2D eigenvalue weighted by Crippen LogP contribution is 2.23. The average molecular weight is 336 g/mol. The van der Waals surface area contributed by atoms with E-state index in [1.54, 1.807) is 30.3 Å². The third-order valence-corrected chi connectivity index (χ3v) is 4.04. The van der Waals surface area contributed by atoms with Crippen LogP contribution < -0.4 is 10.5 Å². The second kappa shape index (κ2) is 7.21. The molecule has 0 spiro atoms. The van der Waals surface area contributed by atoms with Gasteiger partial charge in [-0.15, -0.1) is 0 Å². The molecule has 0 aliphatic heterocycles. The second-order valence-electron chi connectivity index (χ2n) is 5.83. The number of amides is 1. The van der Waals surface area contributed by atoms with E-state index in [2.05, 4.69) is 6.92 Å². The molecule has 3 rings (SSSR count). The van der Waals surface area contributed by atoms with Crippen molar-refractivity contribution in [3.63, 3.8) is 0 Å². The number of nitrogens with two attached hydrogens (primary N) is 1. The zero-order chi connectivity index (χ0) is 17.8. The Bertz CT molecular complexity index is 928. The van der Waals surface area contributed by atoms with Crippen LogP contribution in [0.25, 0.3) is 10.9 Å². The van der Waals surface area contributed by atoms with E-state index >= 15 is 0 Å². The summed E-state index contributed by atoms with van der Waals surface area (Å²) in [6, 6.07) is 14.3. The summed E-state index contributed by atoms with van der Waals surface area (Å²) in [7, 11) is 0. The fourth-order valence-corrected chi connectivity index (χ4v) is 2.74. The molecule has 0 fully saturated rings. The molecule has 0 radical (unpaired) electrons. The summed E-state index contributed by atoms with van der Waals surface area (Å²) in [5.41, 5.74) is 6.92. The zero-order valence-corrected chi connectivity index (χ0v) is 14.1. The van der Waals surface area contributed by atoms with Gasteiger partial charge in [0, 0.05) is 17.1 Å². The number of rotatable bonds is 6. The van der Waals surface area contributed by atoms with E-state index in [-0.39, 0.29) is 5.91 Å². The number of benzene rings is 2. The summed E-state index contributed by atoms with van der Waals surface area (Å²) in [6.07, 6.45) is 3.51. The van der Waals surface area contributed by atoms with Gasteiger partial charge < -0.3 is 10.5 Å². The van der Waals surface area contributed by atoms with Gasteiger partial charge in [0.2, 0.25) is 0 Å². The number of nitrogens with zero attached hydrogens (tertiary/aromatic N) is 1. The number of primary amides is 1. The van der Waals surface area contributed by atoms with Gasteiger partial charge >= 0.3 is 0 Å². The fraction of sp³-hybridized carbons (Fsp3) is 0.200. The van der Waals surface area contributed by atoms with Crippen molar-refractivity contribution in [1.29, 1.82) is 0 Å². The predicted molar refractivity (Wildman–Crippen MR) is 97.0 cm³/mol. The number of carbonyl (C=O) groups is 2. The zero-order valence-electron chi connectivity index (χ0n) is 14.1. The van der Waals surface area contributed by atoms with E-state index in [9.17, 15) is 9.59 Å². The minimum atomic E-state index is -0.556. The van der Waals surface area contributed by atoms with Crippen LogP contribution >= 0.6 is 0 Å². The van der Waals surface area contributed by atoms with E-state index in [1.807, 2.05) is 18.2 Å². The van der Waals surface area contributed by atoms with Gasteiger partial charge in [0.1, 0.15) is 5.75 Å². The number of carbonyl (C=O) groups excluding carboxylic acids is 2. The second-order valence-corrected chi connectivity index (χ2v) is 5.83. The quantitative estimate of drug-likeness (QED) is 0.699. The molecule has 0 bridgehead atoms. The number of hydrogen-bond acceptors (Lipinski definition) is 3. The molecule has 0 saturated heterocycles. The first-order valence-corrected chi connectivity index (χ1v) is 8.29. The van der Waals surface area contributed by atoms with Crippen LogP contribution in [0.3, 0.4) is 0 Å². The molecule has 0 aliphatic carbocycles. The maximum absolute atomic E-state index is 12.9. The van der Waals surface area contributed by atoms with Crippen LogP contribution in [-0.2, 0) is 0 Å². The fourth-order valence-electron chi connectivity index (χ4n) is 2.74. The van der Waals surface area contributed by atoms with Crippen LogP contribution in [0.2, 0.25) is 0 Å². The lowest BCUT2D eigenvalue weighted by molar-refractivity contribution is 0.0964. The minimum absolute atomic E-state index is 0.232. The van der Waals surface area contributed by atoms with Crippen molar-refractivity contribution in [3.8, 4) is 5.75 Å². The monoisotopic (exact) mass is 336 g/mol. The number of unbranched alkanes of at least 4 members (excludes halogenated alkanes) is 1. The van der Waals surface area contributed by atoms with Crippen molar-refractivity contribution in [3.05, 3.63) is 65.9 Å². The smallest absolute Gasteiger partial charge is 0.262 e. The standard InChI is InChI=1S/C20H20N2O3/c1-2-3-11-25-15-8-6-7-14(12-15)20(24)22-13-17(19(21)23)16-9-4-5-10-18(16)22/h4-10,12-13H,2-3,11H2,1H3,(H2,21,23). The Morgan fingerprint density at radius 2 is 1.92 bits per heavy atom. The molecular formula is C20H20N2O3. The van der Waals surface area contributed by atoms with Gasteiger partial charge in [-0.2, -0.15) is 0 Å². The van der Waals surface area contributed by atoms with Gasteiger partial charge in [0.25, 0.3) is 11.8 Å². The molecule has 2 N–H and O–H groups in total. The van der Waals surface area contributed by atoms with Crippen LogP contribution in [0.5, 0.6) is 5.75 Å². The normalized spacial score (nSPS) is 10.8. The maximum atomic E-state index is 12.9. The van der Waals surface area contributed by atoms with Crippen molar-refractivity contribution in [2.75, 3.05) is 6.61 Å². The lowest BCUT2D eigenvalue weighted by atomic mass is 10.1. The van der Waals surface area contributed by atoms with Gasteiger partial charge in [-0.05, 0) is 30.7 Å². The first kappa shape index (κ1) is 16.8. The molecule has 1 aromatic heterocycles. The van der Waals surface area contributed by atoms with Crippen LogP contribution in [0, 0.1) is 0 Å². The molecule has 0 saturated carbocycles. The molecule has 0 atom stereocenters. The van der Waals surface area contributed by atoms with E-state index in [0.717, 1.165) is 12.8 Å². The van der Waals surface area contributed by atoms with Crippen molar-refractivity contribution in [1.82, 2.24) is 4.57 Å². The van der Waals surface area contributed by atoms with Crippen LogP contribution in [0.4, 0.5) is 0 Å². The Morgan fingerprint density at radius 1 is 1.12 bits per heavy atom. The highest BCUT2D eigenvalue weighted by molar-refractivity contribution is 6.11. The number of fused-ring (bicyclic) bond motifs is 1. The Kier molecular flexibility index (Phi) is 4.84. The summed E-state index contributed by atoms with van der Waals surface area (Å²) >= 11 is 0. The van der Waals surface area contributed by atoms with Gasteiger partial charge in [-0.25, -0.2) is 0 Å². The minimum Gasteiger partial charge on any atom is -0.494 e. The lowest BCUT2D eigenvalue weighted by Gasteiger charge is -2.08. The van der Waals surface area contributed by atoms with Gasteiger partial charge in [-0.1, -0.05) is 37.6 Å². The summed E-state index contributed by atoms with van der Waals surface area (Å²) in [5.74, 6) is -0.130. The third-order valence-electron chi connectivity index (χ3n) is 4.04. The molecule has 5 nitrogen and oxygen atoms in total. The molecule has 128 valence electrons. The largest absolute Gasteiger partial charge is 0.494 e. The highest BCUT2D eigenvalue weighted by Gasteiger charge is 2.17. The Labute approximate surface area is 146 Å².